The summed E-state index contributed by atoms with van der Waals surface area (Å²) in [7, 11) is 0. The molecular weight excluding hydrogens is 312 g/mol. The van der Waals surface area contributed by atoms with E-state index in [-0.39, 0.29) is 11.0 Å². The van der Waals surface area contributed by atoms with E-state index in [0.717, 1.165) is 34.9 Å². The van der Waals surface area contributed by atoms with Gasteiger partial charge in [0.15, 0.2) is 0 Å². The van der Waals surface area contributed by atoms with E-state index in [1.54, 1.807) is 10.9 Å². The van der Waals surface area contributed by atoms with Gasteiger partial charge in [0.2, 0.25) is 0 Å². The molecule has 0 N–H and O–H groups in total. The van der Waals surface area contributed by atoms with Crippen LogP contribution in [0.4, 0.5) is 0 Å². The van der Waals surface area contributed by atoms with E-state index in [4.69, 9.17) is 0 Å². The van der Waals surface area contributed by atoms with E-state index in [0.29, 0.717) is 0 Å². The van der Waals surface area contributed by atoms with Crippen molar-refractivity contribution in [3.63, 3.8) is 0 Å². The van der Waals surface area contributed by atoms with Crippen molar-refractivity contribution in [2.45, 2.75) is 33.2 Å². The third-order valence-electron chi connectivity index (χ3n) is 3.72. The van der Waals surface area contributed by atoms with Gasteiger partial charge in [-0.2, -0.15) is 0 Å². The van der Waals surface area contributed by atoms with Crippen LogP contribution in [0.25, 0.3) is 10.2 Å². The van der Waals surface area contributed by atoms with Crippen molar-refractivity contribution < 1.29 is 0 Å². The first-order valence-electron chi connectivity index (χ1n) is 6.14. The van der Waals surface area contributed by atoms with Gasteiger partial charge in [0, 0.05) is 11.9 Å². The Hall–Kier alpha value is -0.680. The van der Waals surface area contributed by atoms with Gasteiger partial charge in [0.05, 0.1) is 11.8 Å². The summed E-state index contributed by atoms with van der Waals surface area (Å²) in [4.78, 5) is 16.7. The maximum absolute atomic E-state index is 12.3. The summed E-state index contributed by atoms with van der Waals surface area (Å²) >= 11 is 5.05. The van der Waals surface area contributed by atoms with E-state index >= 15 is 0 Å². The second kappa shape index (κ2) is 5.53. The second-order valence-electron chi connectivity index (χ2n) is 4.65. The van der Waals surface area contributed by atoms with E-state index < -0.39 is 0 Å². The molecule has 2 rings (SSSR count). The lowest BCUT2D eigenvalue weighted by atomic mass is 9.84. The number of rotatable bonds is 5. The fourth-order valence-electron chi connectivity index (χ4n) is 2.06. The summed E-state index contributed by atoms with van der Waals surface area (Å²) in [6, 6.07) is 1.89. The van der Waals surface area contributed by atoms with Crippen LogP contribution in [-0.2, 0) is 6.54 Å². The molecule has 0 atom stereocenters. The van der Waals surface area contributed by atoms with Gasteiger partial charge >= 0.3 is 0 Å². The minimum atomic E-state index is 0.0854. The molecule has 0 bridgehead atoms. The Kier molecular flexibility index (Phi) is 4.22. The summed E-state index contributed by atoms with van der Waals surface area (Å²) in [6.45, 7) is 5.07. The molecule has 0 aliphatic carbocycles. The average molecular weight is 329 g/mol. The Morgan fingerprint density at radius 1 is 1.44 bits per heavy atom. The molecule has 0 radical (unpaired) electrons. The Morgan fingerprint density at radius 2 is 2.17 bits per heavy atom. The van der Waals surface area contributed by atoms with Gasteiger partial charge < -0.3 is 0 Å². The zero-order chi connectivity index (χ0) is 13.2. The average Bonchev–Trinajstić information content (AvgIpc) is 2.88. The van der Waals surface area contributed by atoms with Gasteiger partial charge in [-0.05, 0) is 29.7 Å². The maximum atomic E-state index is 12.3. The molecule has 2 aromatic heterocycles. The molecule has 0 aromatic carbocycles. The highest BCUT2D eigenvalue weighted by Gasteiger charge is 2.26. The van der Waals surface area contributed by atoms with E-state index in [1.807, 2.05) is 11.4 Å². The Morgan fingerprint density at radius 3 is 2.78 bits per heavy atom. The molecule has 0 unspecified atom stereocenters. The number of nitrogens with zero attached hydrogens (tertiary/aromatic N) is 2. The van der Waals surface area contributed by atoms with Crippen molar-refractivity contribution in [2.24, 2.45) is 5.41 Å². The Balaban J connectivity index is 2.42. The van der Waals surface area contributed by atoms with Gasteiger partial charge in [0.1, 0.15) is 4.70 Å². The third kappa shape index (κ3) is 2.38. The van der Waals surface area contributed by atoms with E-state index in [9.17, 15) is 4.79 Å². The smallest absolute Gasteiger partial charge is 0.271 e. The highest BCUT2D eigenvalue weighted by molar-refractivity contribution is 9.09. The number of fused-ring (bicyclic) bond motifs is 1. The van der Waals surface area contributed by atoms with Crippen LogP contribution >= 0.6 is 27.3 Å². The monoisotopic (exact) mass is 328 g/mol. The minimum Gasteiger partial charge on any atom is -0.297 e. The molecule has 0 aliphatic heterocycles. The van der Waals surface area contributed by atoms with Crippen LogP contribution in [0, 0.1) is 5.41 Å². The van der Waals surface area contributed by atoms with Gasteiger partial charge in [-0.1, -0.05) is 29.8 Å². The normalized spacial score (nSPS) is 12.2. The quantitative estimate of drug-likeness (QED) is 0.785. The van der Waals surface area contributed by atoms with Crippen LogP contribution < -0.4 is 5.56 Å². The summed E-state index contributed by atoms with van der Waals surface area (Å²) in [6.07, 6.45) is 3.77. The number of hydrogen-bond donors (Lipinski definition) is 0. The van der Waals surface area contributed by atoms with Crippen LogP contribution in [0.2, 0.25) is 0 Å². The van der Waals surface area contributed by atoms with Crippen LogP contribution in [-0.4, -0.2) is 14.9 Å². The standard InChI is InChI=1S/C13H17BrN2OS/c1-3-13(4-2,7-14)8-16-9-15-10-5-6-18-11(10)12(16)17/h5-6,9H,3-4,7-8H2,1-2H3. The first-order valence-corrected chi connectivity index (χ1v) is 8.14. The molecule has 0 saturated heterocycles. The Bertz CT molecular complexity index is 578. The molecule has 2 heterocycles. The molecule has 0 saturated carbocycles. The predicted octanol–water partition coefficient (Wildman–Crippen LogP) is 3.66. The molecular formula is C13H17BrN2OS. The van der Waals surface area contributed by atoms with Crippen molar-refractivity contribution >= 4 is 37.5 Å². The zero-order valence-electron chi connectivity index (χ0n) is 10.6. The Labute approximate surface area is 119 Å². The minimum absolute atomic E-state index is 0.0854. The molecule has 0 spiro atoms. The zero-order valence-corrected chi connectivity index (χ0v) is 13.1. The van der Waals surface area contributed by atoms with Crippen molar-refractivity contribution in [3.05, 3.63) is 28.1 Å². The molecule has 0 fully saturated rings. The molecule has 98 valence electrons. The maximum Gasteiger partial charge on any atom is 0.271 e. The summed E-state index contributed by atoms with van der Waals surface area (Å²) in [5, 5.41) is 2.82. The topological polar surface area (TPSA) is 34.9 Å². The fraction of sp³-hybridized carbons (Fsp3) is 0.538. The van der Waals surface area contributed by atoms with Gasteiger partial charge in [-0.15, -0.1) is 11.3 Å². The van der Waals surface area contributed by atoms with Crippen LogP contribution in [0.1, 0.15) is 26.7 Å². The number of alkyl halides is 1. The number of aromatic nitrogens is 2. The predicted molar refractivity (Wildman–Crippen MR) is 80.7 cm³/mol. The highest BCUT2D eigenvalue weighted by atomic mass is 79.9. The second-order valence-corrected chi connectivity index (χ2v) is 6.13. The van der Waals surface area contributed by atoms with Gasteiger partial charge in [-0.3, -0.25) is 9.36 Å². The number of hydrogen-bond acceptors (Lipinski definition) is 3. The van der Waals surface area contributed by atoms with E-state index in [2.05, 4.69) is 34.8 Å². The van der Waals surface area contributed by atoms with Crippen LogP contribution in [0.15, 0.2) is 22.6 Å². The van der Waals surface area contributed by atoms with Crippen LogP contribution in [0.5, 0.6) is 0 Å². The molecule has 3 nitrogen and oxygen atoms in total. The summed E-state index contributed by atoms with van der Waals surface area (Å²) in [5.74, 6) is 0. The van der Waals surface area contributed by atoms with Crippen molar-refractivity contribution in [1.29, 1.82) is 0 Å². The lowest BCUT2D eigenvalue weighted by Crippen LogP contribution is -2.32. The van der Waals surface area contributed by atoms with Crippen molar-refractivity contribution in [2.75, 3.05) is 5.33 Å². The van der Waals surface area contributed by atoms with Crippen LogP contribution in [0.3, 0.4) is 0 Å². The van der Waals surface area contributed by atoms with Gasteiger partial charge in [0.25, 0.3) is 5.56 Å². The summed E-state index contributed by atoms with van der Waals surface area (Å²) in [5.41, 5.74) is 1.03. The fourth-order valence-corrected chi connectivity index (χ4v) is 3.82. The van der Waals surface area contributed by atoms with Crippen molar-refractivity contribution in [1.82, 2.24) is 9.55 Å². The molecule has 5 heteroatoms. The third-order valence-corrected chi connectivity index (χ3v) is 5.81. The molecule has 18 heavy (non-hydrogen) atoms. The van der Waals surface area contributed by atoms with Crippen molar-refractivity contribution in [3.8, 4) is 0 Å². The SMILES string of the molecule is CCC(CC)(CBr)Cn1cnc2ccsc2c1=O. The molecule has 2 aromatic rings. The first-order chi connectivity index (χ1) is 8.65. The number of thiophene rings is 1. The highest BCUT2D eigenvalue weighted by Crippen LogP contribution is 2.30. The first kappa shape index (κ1) is 13.7. The molecule has 0 aliphatic rings. The summed E-state index contributed by atoms with van der Waals surface area (Å²) < 4.78 is 2.51. The number of halogens is 1. The van der Waals surface area contributed by atoms with Gasteiger partial charge in [-0.25, -0.2) is 4.98 Å². The lowest BCUT2D eigenvalue weighted by molar-refractivity contribution is 0.256. The van der Waals surface area contributed by atoms with E-state index in [1.165, 1.54) is 11.3 Å². The lowest BCUT2D eigenvalue weighted by Gasteiger charge is -2.29. The largest absolute Gasteiger partial charge is 0.297 e. The molecule has 0 amide bonds.